The zero-order valence-corrected chi connectivity index (χ0v) is 12.9. The summed E-state index contributed by atoms with van der Waals surface area (Å²) in [6.07, 6.45) is 8.15. The van der Waals surface area contributed by atoms with Crippen LogP contribution in [-0.4, -0.2) is 19.3 Å². The Kier molecular flexibility index (Phi) is 4.57. The van der Waals surface area contributed by atoms with Crippen molar-refractivity contribution in [1.29, 1.82) is 0 Å². The molecule has 1 unspecified atom stereocenters. The minimum atomic E-state index is 0.514. The molecule has 1 saturated carbocycles. The van der Waals surface area contributed by atoms with Gasteiger partial charge in [-0.05, 0) is 42.9 Å². The van der Waals surface area contributed by atoms with E-state index in [1.165, 1.54) is 54.1 Å². The van der Waals surface area contributed by atoms with Crippen LogP contribution < -0.4 is 5.32 Å². The van der Waals surface area contributed by atoms with Crippen LogP contribution in [0.3, 0.4) is 0 Å². The topological polar surface area (TPSA) is 21.3 Å². The van der Waals surface area contributed by atoms with Gasteiger partial charge in [0.2, 0.25) is 0 Å². The predicted octanol–water partition coefficient (Wildman–Crippen LogP) is 3.99. The summed E-state index contributed by atoms with van der Waals surface area (Å²) in [4.78, 5) is 0. The van der Waals surface area contributed by atoms with E-state index in [2.05, 4.69) is 39.4 Å². The Morgan fingerprint density at radius 3 is 2.89 bits per heavy atom. The Balaban J connectivity index is 1.46. The second-order valence-electron chi connectivity index (χ2n) is 5.63. The molecule has 2 nitrogen and oxygen atoms in total. The molecule has 0 radical (unpaired) electrons. The van der Waals surface area contributed by atoms with Crippen molar-refractivity contribution >= 4 is 15.9 Å². The van der Waals surface area contributed by atoms with E-state index in [1.54, 1.807) is 0 Å². The summed E-state index contributed by atoms with van der Waals surface area (Å²) in [6, 6.07) is 7.05. The molecule has 1 atom stereocenters. The second kappa shape index (κ2) is 6.38. The van der Waals surface area contributed by atoms with Crippen LogP contribution in [0.4, 0.5) is 0 Å². The number of hydrogen-bond acceptors (Lipinski definition) is 2. The van der Waals surface area contributed by atoms with E-state index in [0.717, 1.165) is 13.2 Å². The summed E-state index contributed by atoms with van der Waals surface area (Å²) in [5.74, 6) is 0. The van der Waals surface area contributed by atoms with Crippen molar-refractivity contribution in [3.63, 3.8) is 0 Å². The molecule has 0 amide bonds. The van der Waals surface area contributed by atoms with E-state index in [1.807, 2.05) is 0 Å². The highest BCUT2D eigenvalue weighted by Crippen LogP contribution is 2.35. The minimum absolute atomic E-state index is 0.514. The van der Waals surface area contributed by atoms with E-state index in [9.17, 15) is 0 Å². The Morgan fingerprint density at radius 1 is 1.21 bits per heavy atom. The van der Waals surface area contributed by atoms with Crippen LogP contribution >= 0.6 is 15.9 Å². The number of rotatable bonds is 5. The summed E-state index contributed by atoms with van der Waals surface area (Å²) in [5.41, 5.74) is 2.95. The summed E-state index contributed by atoms with van der Waals surface area (Å²) in [5, 5.41) is 3.64. The maximum absolute atomic E-state index is 5.90. The smallest absolute Gasteiger partial charge is 0.0594 e. The van der Waals surface area contributed by atoms with Crippen molar-refractivity contribution in [2.45, 2.75) is 50.7 Å². The Labute approximate surface area is 124 Å². The van der Waals surface area contributed by atoms with Crippen molar-refractivity contribution in [2.75, 3.05) is 13.2 Å². The molecule has 1 N–H and O–H groups in total. The Hall–Kier alpha value is -0.380. The highest BCUT2D eigenvalue weighted by Gasteiger charge is 2.23. The molecule has 1 aromatic rings. The largest absolute Gasteiger partial charge is 0.377 e. The summed E-state index contributed by atoms with van der Waals surface area (Å²) in [6.45, 7) is 1.82. The Morgan fingerprint density at radius 2 is 2.05 bits per heavy atom. The molecule has 0 saturated heterocycles. The summed E-state index contributed by atoms with van der Waals surface area (Å²) >= 11 is 3.65. The molecule has 0 aliphatic heterocycles. The zero-order chi connectivity index (χ0) is 13.1. The van der Waals surface area contributed by atoms with Gasteiger partial charge in [0, 0.05) is 17.1 Å². The fraction of sp³-hybridized carbons (Fsp3) is 0.625. The Bertz CT molecular complexity index is 429. The second-order valence-corrected chi connectivity index (χ2v) is 6.48. The van der Waals surface area contributed by atoms with Gasteiger partial charge in [0.15, 0.2) is 0 Å². The number of fused-ring (bicyclic) bond motifs is 1. The molecule has 3 heteroatoms. The molecule has 1 fully saturated rings. The third-order valence-corrected chi connectivity index (χ3v) is 5.11. The molecule has 2 aliphatic carbocycles. The quantitative estimate of drug-likeness (QED) is 0.827. The maximum Gasteiger partial charge on any atom is 0.0594 e. The van der Waals surface area contributed by atoms with Gasteiger partial charge in [-0.1, -0.05) is 40.9 Å². The fourth-order valence-corrected chi connectivity index (χ4v) is 3.92. The molecule has 19 heavy (non-hydrogen) atoms. The molecule has 0 spiro atoms. The van der Waals surface area contributed by atoms with E-state index in [4.69, 9.17) is 4.74 Å². The highest BCUT2D eigenvalue weighted by atomic mass is 79.9. The lowest BCUT2D eigenvalue weighted by molar-refractivity contribution is 0.0591. The first-order chi connectivity index (χ1) is 9.34. The third kappa shape index (κ3) is 3.21. The van der Waals surface area contributed by atoms with E-state index in [0.29, 0.717) is 12.1 Å². The predicted molar refractivity (Wildman–Crippen MR) is 81.4 cm³/mol. The van der Waals surface area contributed by atoms with Gasteiger partial charge in [-0.3, -0.25) is 0 Å². The molecule has 104 valence electrons. The lowest BCUT2D eigenvalue weighted by Gasteiger charge is -2.16. The van der Waals surface area contributed by atoms with Crippen molar-refractivity contribution in [1.82, 2.24) is 5.32 Å². The average Bonchev–Trinajstić information content (AvgIpc) is 3.05. The first-order valence-corrected chi connectivity index (χ1v) is 8.26. The lowest BCUT2D eigenvalue weighted by atomic mass is 10.1. The van der Waals surface area contributed by atoms with Gasteiger partial charge >= 0.3 is 0 Å². The number of hydrogen-bond donors (Lipinski definition) is 1. The molecule has 0 heterocycles. The summed E-state index contributed by atoms with van der Waals surface area (Å²) in [7, 11) is 0. The lowest BCUT2D eigenvalue weighted by Crippen LogP contribution is -2.25. The summed E-state index contributed by atoms with van der Waals surface area (Å²) < 4.78 is 7.16. The number of nitrogens with one attached hydrogen (secondary N) is 1. The first-order valence-electron chi connectivity index (χ1n) is 7.47. The highest BCUT2D eigenvalue weighted by molar-refractivity contribution is 9.10. The molecule has 2 aliphatic rings. The number of benzene rings is 1. The molecular weight excluding hydrogens is 302 g/mol. The molecule has 0 bridgehead atoms. The van der Waals surface area contributed by atoms with Gasteiger partial charge < -0.3 is 10.1 Å². The average molecular weight is 324 g/mol. The molecule has 3 rings (SSSR count). The fourth-order valence-electron chi connectivity index (χ4n) is 3.34. The first kappa shape index (κ1) is 13.6. The maximum atomic E-state index is 5.90. The van der Waals surface area contributed by atoms with Gasteiger partial charge in [-0.15, -0.1) is 0 Å². The number of halogens is 1. The van der Waals surface area contributed by atoms with Crippen LogP contribution in [-0.2, 0) is 11.2 Å². The molecule has 1 aromatic carbocycles. The monoisotopic (exact) mass is 323 g/mol. The van der Waals surface area contributed by atoms with Crippen LogP contribution in [0.1, 0.15) is 49.3 Å². The standard InChI is InChI=1S/C16H22BrNO/c17-15-7-3-6-14-13(15)8-9-16(14)18-10-11-19-12-4-1-2-5-12/h3,6-7,12,16,18H,1-2,4-5,8-11H2. The van der Waals surface area contributed by atoms with Gasteiger partial charge in [-0.2, -0.15) is 0 Å². The third-order valence-electron chi connectivity index (χ3n) is 4.36. The molecular formula is C16H22BrNO. The van der Waals surface area contributed by atoms with Crippen LogP contribution in [0, 0.1) is 0 Å². The number of ether oxygens (including phenoxy) is 1. The van der Waals surface area contributed by atoms with Crippen molar-refractivity contribution in [2.24, 2.45) is 0 Å². The van der Waals surface area contributed by atoms with E-state index in [-0.39, 0.29) is 0 Å². The van der Waals surface area contributed by atoms with Crippen molar-refractivity contribution in [3.8, 4) is 0 Å². The zero-order valence-electron chi connectivity index (χ0n) is 11.3. The van der Waals surface area contributed by atoms with Crippen LogP contribution in [0.15, 0.2) is 22.7 Å². The van der Waals surface area contributed by atoms with Crippen LogP contribution in [0.2, 0.25) is 0 Å². The van der Waals surface area contributed by atoms with Crippen LogP contribution in [0.25, 0.3) is 0 Å². The van der Waals surface area contributed by atoms with Gasteiger partial charge in [-0.25, -0.2) is 0 Å². The van der Waals surface area contributed by atoms with Crippen molar-refractivity contribution < 1.29 is 4.74 Å². The normalized spacial score (nSPS) is 22.9. The SMILES string of the molecule is Brc1cccc2c1CCC2NCCOC1CCCC1. The van der Waals surface area contributed by atoms with Gasteiger partial charge in [0.1, 0.15) is 0 Å². The minimum Gasteiger partial charge on any atom is -0.377 e. The van der Waals surface area contributed by atoms with E-state index >= 15 is 0 Å². The molecule has 0 aromatic heterocycles. The van der Waals surface area contributed by atoms with Crippen LogP contribution in [0.5, 0.6) is 0 Å². The van der Waals surface area contributed by atoms with Gasteiger partial charge in [0.25, 0.3) is 0 Å². The van der Waals surface area contributed by atoms with Crippen molar-refractivity contribution in [3.05, 3.63) is 33.8 Å². The van der Waals surface area contributed by atoms with Gasteiger partial charge in [0.05, 0.1) is 12.7 Å². The van der Waals surface area contributed by atoms with E-state index < -0.39 is 0 Å².